The summed E-state index contributed by atoms with van der Waals surface area (Å²) in [6.07, 6.45) is 11.7. The summed E-state index contributed by atoms with van der Waals surface area (Å²) >= 11 is 0. The Morgan fingerprint density at radius 2 is 1.83 bits per heavy atom. The monoisotopic (exact) mass is 558 g/mol. The second kappa shape index (κ2) is 10.9. The number of rotatable bonds is 6. The van der Waals surface area contributed by atoms with E-state index in [-0.39, 0.29) is 11.7 Å². The molecule has 6 aromatic rings. The average molecular weight is 559 g/mol. The summed E-state index contributed by atoms with van der Waals surface area (Å²) in [6, 6.07) is 17.0. The van der Waals surface area contributed by atoms with E-state index >= 15 is 0 Å². The van der Waals surface area contributed by atoms with Gasteiger partial charge in [0.05, 0.1) is 35.0 Å². The first-order valence-electron chi connectivity index (χ1n) is 14.5. The number of pyridine rings is 2. The summed E-state index contributed by atoms with van der Waals surface area (Å²) in [5.41, 5.74) is 8.21. The van der Waals surface area contributed by atoms with Crippen LogP contribution in [0.5, 0.6) is 0 Å². The highest BCUT2D eigenvalue weighted by Crippen LogP contribution is 2.35. The lowest BCUT2D eigenvalue weighted by molar-refractivity contribution is -0.117. The Balaban J connectivity index is 1.20. The molecule has 7 nitrogen and oxygen atoms in total. The third-order valence-corrected chi connectivity index (χ3v) is 8.24. The van der Waals surface area contributed by atoms with Gasteiger partial charge in [-0.3, -0.25) is 19.9 Å². The van der Waals surface area contributed by atoms with Crippen molar-refractivity contribution < 1.29 is 9.18 Å². The van der Waals surface area contributed by atoms with Crippen LogP contribution in [-0.4, -0.2) is 31.1 Å². The zero-order valence-electron chi connectivity index (χ0n) is 23.4. The Kier molecular flexibility index (Phi) is 6.74. The van der Waals surface area contributed by atoms with Crippen LogP contribution >= 0.6 is 0 Å². The van der Waals surface area contributed by atoms with Crippen molar-refractivity contribution >= 4 is 33.4 Å². The molecule has 1 fully saturated rings. The van der Waals surface area contributed by atoms with Crippen molar-refractivity contribution in [3.05, 3.63) is 84.6 Å². The van der Waals surface area contributed by atoms with Gasteiger partial charge in [-0.05, 0) is 78.8 Å². The highest BCUT2D eigenvalue weighted by molar-refractivity contribution is 6.01. The molecule has 0 bridgehead atoms. The summed E-state index contributed by atoms with van der Waals surface area (Å²) in [6.45, 7) is 1.90. The fourth-order valence-corrected chi connectivity index (χ4v) is 6.22. The van der Waals surface area contributed by atoms with E-state index < -0.39 is 0 Å². The van der Waals surface area contributed by atoms with Crippen LogP contribution in [0.2, 0.25) is 0 Å². The zero-order chi connectivity index (χ0) is 28.6. The van der Waals surface area contributed by atoms with E-state index in [9.17, 15) is 9.18 Å². The number of anilines is 1. The number of nitrogens with one attached hydrogen (secondary N) is 3. The first kappa shape index (κ1) is 26.1. The predicted octanol–water partition coefficient (Wildman–Crippen LogP) is 8.19. The standard InChI is InChI=1S/C34H31FN6O/c1-20-10-22(13-24(35)11-20)26-8-5-9-29-27(26)15-31(39-29)34-28-16-30(37-19-32(28)40-41-34)23-14-25(18-36-17-23)38-33(42)12-21-6-3-2-4-7-21/h5,8-11,13-19,21,39H,2-4,6-7,12H2,1H3,(H,38,42)(H,40,41). The molecule has 210 valence electrons. The van der Waals surface area contributed by atoms with Crippen LogP contribution in [0.1, 0.15) is 44.1 Å². The number of hydrogen-bond donors (Lipinski definition) is 3. The Labute approximate surface area is 242 Å². The number of nitrogens with zero attached hydrogens (tertiary/aromatic N) is 3. The van der Waals surface area contributed by atoms with E-state index in [1.165, 1.54) is 25.3 Å². The molecule has 0 spiro atoms. The molecular weight excluding hydrogens is 527 g/mol. The van der Waals surface area contributed by atoms with Crippen molar-refractivity contribution in [3.63, 3.8) is 0 Å². The molecule has 1 aliphatic rings. The summed E-state index contributed by atoms with van der Waals surface area (Å²) in [5.74, 6) is 0.253. The summed E-state index contributed by atoms with van der Waals surface area (Å²) in [5, 5.41) is 12.6. The van der Waals surface area contributed by atoms with E-state index in [0.717, 1.165) is 74.0 Å². The molecule has 8 heteroatoms. The molecule has 0 atom stereocenters. The Hall–Kier alpha value is -4.85. The molecule has 2 aromatic carbocycles. The number of aryl methyl sites for hydroxylation is 1. The van der Waals surface area contributed by atoms with Gasteiger partial charge in [-0.1, -0.05) is 37.5 Å². The SMILES string of the molecule is Cc1cc(F)cc(-c2cccc3[nH]c(-c4n[nH]c5cnc(-c6cncc(NC(=O)CC7CCCCC7)c6)cc45)cc23)c1. The molecule has 3 N–H and O–H groups in total. The van der Waals surface area contributed by atoms with Crippen molar-refractivity contribution in [2.24, 2.45) is 5.92 Å². The Morgan fingerprint density at radius 1 is 0.952 bits per heavy atom. The topological polar surface area (TPSA) is 99.3 Å². The maximum absolute atomic E-state index is 14.2. The highest BCUT2D eigenvalue weighted by Gasteiger charge is 2.18. The smallest absolute Gasteiger partial charge is 0.224 e. The van der Waals surface area contributed by atoms with Gasteiger partial charge in [0.15, 0.2) is 0 Å². The van der Waals surface area contributed by atoms with E-state index in [1.807, 2.05) is 43.3 Å². The van der Waals surface area contributed by atoms with Crippen LogP contribution in [0, 0.1) is 18.7 Å². The molecule has 0 radical (unpaired) electrons. The van der Waals surface area contributed by atoms with Gasteiger partial charge in [-0.15, -0.1) is 0 Å². The van der Waals surface area contributed by atoms with Crippen LogP contribution < -0.4 is 5.32 Å². The van der Waals surface area contributed by atoms with Crippen LogP contribution in [0.15, 0.2) is 73.2 Å². The Bertz CT molecular complexity index is 1910. The Morgan fingerprint density at radius 3 is 2.69 bits per heavy atom. The highest BCUT2D eigenvalue weighted by atomic mass is 19.1. The maximum Gasteiger partial charge on any atom is 0.224 e. The molecule has 4 aromatic heterocycles. The molecule has 1 amide bonds. The third kappa shape index (κ3) is 5.16. The molecule has 42 heavy (non-hydrogen) atoms. The number of hydrogen-bond acceptors (Lipinski definition) is 4. The lowest BCUT2D eigenvalue weighted by atomic mass is 9.87. The van der Waals surface area contributed by atoms with Crippen molar-refractivity contribution in [2.75, 3.05) is 5.32 Å². The van der Waals surface area contributed by atoms with Gasteiger partial charge < -0.3 is 10.3 Å². The molecule has 1 aliphatic carbocycles. The van der Waals surface area contributed by atoms with Gasteiger partial charge >= 0.3 is 0 Å². The number of benzene rings is 2. The number of amides is 1. The van der Waals surface area contributed by atoms with Crippen LogP contribution in [0.3, 0.4) is 0 Å². The number of aromatic nitrogens is 5. The second-order valence-corrected chi connectivity index (χ2v) is 11.4. The van der Waals surface area contributed by atoms with Gasteiger partial charge in [0.1, 0.15) is 11.5 Å². The normalized spacial score (nSPS) is 14.0. The number of carbonyl (C=O) groups excluding carboxylic acids is 1. The zero-order valence-corrected chi connectivity index (χ0v) is 23.4. The van der Waals surface area contributed by atoms with Crippen molar-refractivity contribution in [3.8, 4) is 33.8 Å². The van der Waals surface area contributed by atoms with Crippen LogP contribution in [0.4, 0.5) is 10.1 Å². The molecular formula is C34H31FN6O. The van der Waals surface area contributed by atoms with Crippen molar-refractivity contribution in [1.29, 1.82) is 0 Å². The number of fused-ring (bicyclic) bond motifs is 2. The van der Waals surface area contributed by atoms with E-state index in [2.05, 4.69) is 36.5 Å². The minimum atomic E-state index is -0.251. The van der Waals surface area contributed by atoms with Crippen molar-refractivity contribution in [1.82, 2.24) is 25.1 Å². The van der Waals surface area contributed by atoms with Gasteiger partial charge in [0.25, 0.3) is 0 Å². The minimum Gasteiger partial charge on any atom is -0.353 e. The minimum absolute atomic E-state index is 0.0352. The molecule has 0 saturated heterocycles. The predicted molar refractivity (Wildman–Crippen MR) is 164 cm³/mol. The number of halogens is 1. The van der Waals surface area contributed by atoms with Gasteiger partial charge in [-0.25, -0.2) is 4.39 Å². The number of carbonyl (C=O) groups is 1. The number of aromatic amines is 2. The van der Waals surface area contributed by atoms with Crippen LogP contribution in [-0.2, 0) is 4.79 Å². The summed E-state index contributed by atoms with van der Waals surface area (Å²) in [7, 11) is 0. The molecule has 0 aliphatic heterocycles. The van der Waals surface area contributed by atoms with E-state index in [4.69, 9.17) is 0 Å². The quantitative estimate of drug-likeness (QED) is 0.192. The largest absolute Gasteiger partial charge is 0.353 e. The number of H-pyrrole nitrogens is 2. The first-order chi connectivity index (χ1) is 20.5. The third-order valence-electron chi connectivity index (χ3n) is 8.24. The molecule has 7 rings (SSSR count). The summed E-state index contributed by atoms with van der Waals surface area (Å²) < 4.78 is 14.2. The van der Waals surface area contributed by atoms with Gasteiger partial charge in [-0.2, -0.15) is 5.10 Å². The van der Waals surface area contributed by atoms with E-state index in [0.29, 0.717) is 18.0 Å². The fraction of sp³-hybridized carbons (Fsp3) is 0.235. The molecule has 4 heterocycles. The van der Waals surface area contributed by atoms with Gasteiger partial charge in [0, 0.05) is 34.5 Å². The molecule has 0 unspecified atom stereocenters. The first-order valence-corrected chi connectivity index (χ1v) is 14.5. The lowest BCUT2D eigenvalue weighted by Crippen LogP contribution is -2.18. The van der Waals surface area contributed by atoms with Crippen LogP contribution in [0.25, 0.3) is 55.6 Å². The van der Waals surface area contributed by atoms with Gasteiger partial charge in [0.2, 0.25) is 5.91 Å². The van der Waals surface area contributed by atoms with Crippen molar-refractivity contribution in [2.45, 2.75) is 45.4 Å². The maximum atomic E-state index is 14.2. The lowest BCUT2D eigenvalue weighted by Gasteiger charge is -2.20. The summed E-state index contributed by atoms with van der Waals surface area (Å²) in [4.78, 5) is 25.2. The van der Waals surface area contributed by atoms with E-state index in [1.54, 1.807) is 24.7 Å². The fourth-order valence-electron chi connectivity index (χ4n) is 6.22. The second-order valence-electron chi connectivity index (χ2n) is 11.4. The average Bonchev–Trinajstić information content (AvgIpc) is 3.61. The molecule has 1 saturated carbocycles.